The first-order chi connectivity index (χ1) is 21.5. The Morgan fingerprint density at radius 3 is 2.61 bits per heavy atom. The van der Waals surface area contributed by atoms with E-state index in [0.717, 1.165) is 67.4 Å². The van der Waals surface area contributed by atoms with Gasteiger partial charge in [0.1, 0.15) is 23.7 Å². The summed E-state index contributed by atoms with van der Waals surface area (Å²) in [5.41, 5.74) is 4.40. The van der Waals surface area contributed by atoms with Crippen molar-refractivity contribution in [3.05, 3.63) is 82.7 Å². The summed E-state index contributed by atoms with van der Waals surface area (Å²) in [4.78, 5) is 19.2. The lowest BCUT2D eigenvalue weighted by Gasteiger charge is -2.35. The summed E-state index contributed by atoms with van der Waals surface area (Å²) in [6.45, 7) is 4.23. The van der Waals surface area contributed by atoms with Gasteiger partial charge in [-0.3, -0.25) is 4.90 Å². The van der Waals surface area contributed by atoms with Gasteiger partial charge in [-0.2, -0.15) is 5.26 Å². The summed E-state index contributed by atoms with van der Waals surface area (Å²) >= 11 is 0. The van der Waals surface area contributed by atoms with Crippen LogP contribution in [0.5, 0.6) is 17.2 Å². The van der Waals surface area contributed by atoms with Crippen molar-refractivity contribution in [1.82, 2.24) is 14.5 Å². The summed E-state index contributed by atoms with van der Waals surface area (Å²) in [5.74, 6) is 2.29. The van der Waals surface area contributed by atoms with Gasteiger partial charge in [-0.05, 0) is 74.2 Å². The Balaban J connectivity index is 1.07. The lowest BCUT2D eigenvalue weighted by atomic mass is 9.88. The zero-order valence-electron chi connectivity index (χ0n) is 24.6. The molecule has 4 heterocycles. The SMILES string of the molecule is COc1cc(C(=O)O)cc2c1nc(CN1CCC(c3cccc4c3OC[C@@H](c3ccc(C#N)cc3)O4)CC1)n2C[C@@H]1CCO1. The number of aromatic nitrogens is 2. The Labute approximate surface area is 255 Å². The fourth-order valence-corrected chi connectivity index (χ4v) is 6.46. The molecule has 7 rings (SSSR count). The number of aromatic carboxylic acids is 1. The van der Waals surface area contributed by atoms with Crippen LogP contribution in [-0.4, -0.2) is 65.0 Å². The number of hydrogen-bond donors (Lipinski definition) is 1. The molecule has 226 valence electrons. The molecule has 3 aromatic carbocycles. The second kappa shape index (κ2) is 11.8. The van der Waals surface area contributed by atoms with Crippen LogP contribution in [0.25, 0.3) is 11.0 Å². The number of hydrogen-bond acceptors (Lipinski definition) is 8. The maximum Gasteiger partial charge on any atom is 0.335 e. The predicted molar refractivity (Wildman–Crippen MR) is 161 cm³/mol. The summed E-state index contributed by atoms with van der Waals surface area (Å²) in [6.07, 6.45) is 2.79. The summed E-state index contributed by atoms with van der Waals surface area (Å²) in [6, 6.07) is 19.0. The van der Waals surface area contributed by atoms with E-state index in [0.29, 0.717) is 42.4 Å². The number of ether oxygens (including phenoxy) is 4. The number of likely N-dealkylation sites (tertiary alicyclic amines) is 1. The van der Waals surface area contributed by atoms with Crippen molar-refractivity contribution < 1.29 is 28.8 Å². The highest BCUT2D eigenvalue weighted by atomic mass is 16.6. The van der Waals surface area contributed by atoms with Crippen molar-refractivity contribution in [2.24, 2.45) is 0 Å². The monoisotopic (exact) mass is 594 g/mol. The Kier molecular flexibility index (Phi) is 7.58. The molecule has 1 N–H and O–H groups in total. The van der Waals surface area contributed by atoms with Crippen molar-refractivity contribution in [3.8, 4) is 23.3 Å². The van der Waals surface area contributed by atoms with E-state index in [1.807, 2.05) is 24.3 Å². The number of imidazole rings is 1. The van der Waals surface area contributed by atoms with Crippen LogP contribution in [0, 0.1) is 11.3 Å². The molecule has 2 saturated heterocycles. The molecule has 3 aliphatic heterocycles. The second-order valence-corrected chi connectivity index (χ2v) is 11.6. The Hall–Kier alpha value is -4.59. The highest BCUT2D eigenvalue weighted by Gasteiger charge is 2.31. The van der Waals surface area contributed by atoms with Gasteiger partial charge in [0.2, 0.25) is 0 Å². The van der Waals surface area contributed by atoms with Crippen molar-refractivity contribution >= 4 is 17.0 Å². The molecule has 3 aliphatic rings. The zero-order valence-corrected chi connectivity index (χ0v) is 24.6. The third-order valence-corrected chi connectivity index (χ3v) is 9.01. The molecule has 2 atom stereocenters. The zero-order chi connectivity index (χ0) is 30.2. The van der Waals surface area contributed by atoms with Gasteiger partial charge in [-0.15, -0.1) is 0 Å². The van der Waals surface area contributed by atoms with Gasteiger partial charge in [0, 0.05) is 12.2 Å². The Bertz CT molecular complexity index is 1730. The van der Waals surface area contributed by atoms with Crippen molar-refractivity contribution in [3.63, 3.8) is 0 Å². The van der Waals surface area contributed by atoms with Crippen molar-refractivity contribution in [1.29, 1.82) is 5.26 Å². The highest BCUT2D eigenvalue weighted by Crippen LogP contribution is 2.44. The van der Waals surface area contributed by atoms with Crippen LogP contribution in [0.15, 0.2) is 54.6 Å². The number of rotatable bonds is 8. The minimum absolute atomic E-state index is 0.0966. The molecule has 4 aromatic rings. The molecular formula is C34H34N4O6. The van der Waals surface area contributed by atoms with Crippen LogP contribution >= 0.6 is 0 Å². The molecule has 0 saturated carbocycles. The second-order valence-electron chi connectivity index (χ2n) is 11.6. The lowest BCUT2D eigenvalue weighted by molar-refractivity contribution is -0.0592. The van der Waals surface area contributed by atoms with E-state index in [-0.39, 0.29) is 17.8 Å². The van der Waals surface area contributed by atoms with Crippen LogP contribution in [-0.2, 0) is 17.8 Å². The van der Waals surface area contributed by atoms with Gasteiger partial charge in [-0.1, -0.05) is 24.3 Å². The van der Waals surface area contributed by atoms with Gasteiger partial charge in [-0.25, -0.2) is 9.78 Å². The summed E-state index contributed by atoms with van der Waals surface area (Å²) in [5, 5.41) is 18.8. The normalized spacial score (nSPS) is 20.2. The number of carboxylic acids is 1. The summed E-state index contributed by atoms with van der Waals surface area (Å²) < 4.78 is 26.1. The van der Waals surface area contributed by atoms with Gasteiger partial charge < -0.3 is 28.6 Å². The average Bonchev–Trinajstić information content (AvgIpc) is 3.38. The number of methoxy groups -OCH3 is 1. The summed E-state index contributed by atoms with van der Waals surface area (Å²) in [7, 11) is 1.54. The van der Waals surface area contributed by atoms with Gasteiger partial charge in [0.05, 0.1) is 49.0 Å². The number of carbonyl (C=O) groups is 1. The van der Waals surface area contributed by atoms with Crippen LogP contribution in [0.2, 0.25) is 0 Å². The van der Waals surface area contributed by atoms with Crippen molar-refractivity contribution in [2.45, 2.75) is 50.5 Å². The number of para-hydroxylation sites is 1. The Morgan fingerprint density at radius 2 is 1.93 bits per heavy atom. The van der Waals surface area contributed by atoms with Gasteiger partial charge >= 0.3 is 5.97 Å². The van der Waals surface area contributed by atoms with E-state index in [1.165, 1.54) is 11.6 Å². The molecule has 2 fully saturated rings. The van der Waals surface area contributed by atoms with E-state index in [4.69, 9.17) is 29.2 Å². The molecule has 0 amide bonds. The smallest absolute Gasteiger partial charge is 0.335 e. The molecule has 0 aliphatic carbocycles. The number of piperidine rings is 1. The largest absolute Gasteiger partial charge is 0.494 e. The molecule has 44 heavy (non-hydrogen) atoms. The fourth-order valence-electron chi connectivity index (χ4n) is 6.46. The standard InChI is InChI=1S/C34H34N4O6/c1-41-29-16-24(34(39)40)15-27-32(29)36-31(38(27)18-25-11-14-42-25)19-37-12-9-22(10-13-37)26-3-2-4-28-33(26)43-20-30(44-28)23-7-5-21(17-35)6-8-23/h2-8,15-16,22,25,30H,9-14,18-20H2,1H3,(H,39,40)/t25-,30-/m0/s1. The molecule has 10 nitrogen and oxygen atoms in total. The lowest BCUT2D eigenvalue weighted by Crippen LogP contribution is -2.35. The minimum Gasteiger partial charge on any atom is -0.494 e. The Morgan fingerprint density at radius 1 is 1.14 bits per heavy atom. The van der Waals surface area contributed by atoms with Crippen LogP contribution < -0.4 is 14.2 Å². The number of nitriles is 1. The predicted octanol–water partition coefficient (Wildman–Crippen LogP) is 5.30. The van der Waals surface area contributed by atoms with Crippen LogP contribution in [0.1, 0.15) is 64.2 Å². The molecule has 0 radical (unpaired) electrons. The molecule has 0 unspecified atom stereocenters. The number of carboxylic acid groups (broad SMARTS) is 1. The van der Waals surface area contributed by atoms with Crippen molar-refractivity contribution in [2.75, 3.05) is 33.4 Å². The molecule has 10 heteroatoms. The van der Waals surface area contributed by atoms with E-state index >= 15 is 0 Å². The van der Waals surface area contributed by atoms with Crippen LogP contribution in [0.3, 0.4) is 0 Å². The number of fused-ring (bicyclic) bond motifs is 2. The van der Waals surface area contributed by atoms with E-state index in [2.05, 4.69) is 21.6 Å². The van der Waals surface area contributed by atoms with E-state index < -0.39 is 5.97 Å². The van der Waals surface area contributed by atoms with Gasteiger partial charge in [0.25, 0.3) is 0 Å². The average molecular weight is 595 g/mol. The third-order valence-electron chi connectivity index (χ3n) is 9.01. The first-order valence-corrected chi connectivity index (χ1v) is 15.1. The molecular weight excluding hydrogens is 560 g/mol. The number of benzene rings is 3. The maximum absolute atomic E-state index is 11.8. The quantitative estimate of drug-likeness (QED) is 0.290. The third kappa shape index (κ3) is 5.34. The fraction of sp³-hybridized carbons (Fsp3) is 0.382. The first-order valence-electron chi connectivity index (χ1n) is 15.1. The van der Waals surface area contributed by atoms with E-state index in [9.17, 15) is 9.90 Å². The van der Waals surface area contributed by atoms with Gasteiger partial charge in [0.15, 0.2) is 17.6 Å². The molecule has 0 spiro atoms. The molecule has 1 aromatic heterocycles. The van der Waals surface area contributed by atoms with E-state index in [1.54, 1.807) is 25.3 Å². The number of nitrogens with zero attached hydrogens (tertiary/aromatic N) is 4. The highest BCUT2D eigenvalue weighted by molar-refractivity contribution is 5.95. The minimum atomic E-state index is -0.997. The van der Waals surface area contributed by atoms with Crippen LogP contribution in [0.4, 0.5) is 0 Å². The maximum atomic E-state index is 11.8. The molecule has 0 bridgehead atoms. The topological polar surface area (TPSA) is 119 Å². The first kappa shape index (κ1) is 28.2.